The maximum absolute atomic E-state index is 12.6. The van der Waals surface area contributed by atoms with Crippen LogP contribution in [0.1, 0.15) is 50.4 Å². The van der Waals surface area contributed by atoms with Gasteiger partial charge in [0.1, 0.15) is 6.54 Å². The summed E-state index contributed by atoms with van der Waals surface area (Å²) in [5.41, 5.74) is -0.182. The third-order valence-corrected chi connectivity index (χ3v) is 4.03. The van der Waals surface area contributed by atoms with Gasteiger partial charge in [-0.05, 0) is 18.9 Å². The van der Waals surface area contributed by atoms with Crippen molar-refractivity contribution in [3.8, 4) is 0 Å². The third-order valence-electron chi connectivity index (χ3n) is 4.03. The first kappa shape index (κ1) is 15.5. The van der Waals surface area contributed by atoms with Crippen LogP contribution in [0.2, 0.25) is 0 Å². The Morgan fingerprint density at radius 1 is 1.43 bits per heavy atom. The van der Waals surface area contributed by atoms with Crippen LogP contribution < -0.4 is 5.56 Å². The van der Waals surface area contributed by atoms with Crippen molar-refractivity contribution in [1.29, 1.82) is 0 Å². The van der Waals surface area contributed by atoms with Gasteiger partial charge in [-0.1, -0.05) is 25.1 Å². The number of pyridine rings is 1. The summed E-state index contributed by atoms with van der Waals surface area (Å²) in [5.74, 6) is 1.19. The van der Waals surface area contributed by atoms with E-state index in [1.165, 1.54) is 10.6 Å². The summed E-state index contributed by atoms with van der Waals surface area (Å²) in [5, 5.41) is 4.03. The molecule has 1 aliphatic rings. The molecule has 2 aromatic heterocycles. The number of hydrogen-bond donors (Lipinski definition) is 0. The largest absolute Gasteiger partial charge is 0.339 e. The summed E-state index contributed by atoms with van der Waals surface area (Å²) in [7, 11) is 0. The highest BCUT2D eigenvalue weighted by molar-refractivity contribution is 5.76. The number of nitrogens with zero attached hydrogens (tertiary/aromatic N) is 4. The van der Waals surface area contributed by atoms with E-state index in [1.807, 2.05) is 13.8 Å². The minimum Gasteiger partial charge on any atom is -0.339 e. The molecule has 2 aromatic rings. The maximum Gasteiger partial charge on any atom is 0.250 e. The Bertz CT molecular complexity index is 750. The molecule has 0 N–H and O–H groups in total. The summed E-state index contributed by atoms with van der Waals surface area (Å²) in [4.78, 5) is 30.5. The van der Waals surface area contributed by atoms with Gasteiger partial charge in [-0.15, -0.1) is 0 Å². The number of likely N-dealkylation sites (tertiary alicyclic amines) is 1. The van der Waals surface area contributed by atoms with Gasteiger partial charge >= 0.3 is 0 Å². The molecule has 1 amide bonds. The Labute approximate surface area is 133 Å². The average Bonchev–Trinajstić information content (AvgIpc) is 3.17. The van der Waals surface area contributed by atoms with E-state index < -0.39 is 0 Å². The molecule has 1 saturated heterocycles. The predicted molar refractivity (Wildman–Crippen MR) is 82.8 cm³/mol. The van der Waals surface area contributed by atoms with Gasteiger partial charge in [0.2, 0.25) is 11.8 Å². The van der Waals surface area contributed by atoms with Crippen molar-refractivity contribution in [3.63, 3.8) is 0 Å². The topological polar surface area (TPSA) is 81.2 Å². The van der Waals surface area contributed by atoms with E-state index >= 15 is 0 Å². The molecule has 0 spiro atoms. The summed E-state index contributed by atoms with van der Waals surface area (Å²) < 4.78 is 6.66. The van der Waals surface area contributed by atoms with E-state index in [1.54, 1.807) is 23.2 Å². The first-order chi connectivity index (χ1) is 11.1. The number of carbonyl (C=O) groups is 1. The van der Waals surface area contributed by atoms with Gasteiger partial charge in [0, 0.05) is 24.7 Å². The molecular weight excluding hydrogens is 296 g/mol. The van der Waals surface area contributed by atoms with Gasteiger partial charge in [0.25, 0.3) is 5.56 Å². The molecule has 7 heteroatoms. The maximum atomic E-state index is 12.6. The van der Waals surface area contributed by atoms with E-state index in [0.717, 1.165) is 12.8 Å². The number of carbonyl (C=O) groups excluding carboxylic acids is 1. The first-order valence-electron chi connectivity index (χ1n) is 7.84. The zero-order valence-corrected chi connectivity index (χ0v) is 13.3. The second-order valence-corrected chi connectivity index (χ2v) is 6.06. The molecule has 3 rings (SSSR count). The minimum atomic E-state index is -0.182. The molecule has 122 valence electrons. The summed E-state index contributed by atoms with van der Waals surface area (Å²) >= 11 is 0. The molecule has 1 aliphatic heterocycles. The van der Waals surface area contributed by atoms with Crippen molar-refractivity contribution >= 4 is 5.91 Å². The summed E-state index contributed by atoms with van der Waals surface area (Å²) in [6, 6.07) is 4.68. The van der Waals surface area contributed by atoms with Gasteiger partial charge in [-0.25, -0.2) is 0 Å². The molecule has 1 atom stereocenters. The number of hydrogen-bond acceptors (Lipinski definition) is 5. The molecule has 0 bridgehead atoms. The fraction of sp³-hybridized carbons (Fsp3) is 0.500. The van der Waals surface area contributed by atoms with Gasteiger partial charge in [-0.2, -0.15) is 4.98 Å². The summed E-state index contributed by atoms with van der Waals surface area (Å²) in [6.45, 7) is 4.65. The van der Waals surface area contributed by atoms with Crippen molar-refractivity contribution in [2.75, 3.05) is 6.54 Å². The van der Waals surface area contributed by atoms with Crippen molar-refractivity contribution < 1.29 is 9.32 Å². The third kappa shape index (κ3) is 3.18. The lowest BCUT2D eigenvalue weighted by Crippen LogP contribution is -2.36. The Hall–Kier alpha value is -2.44. The molecular formula is C16H20N4O3. The molecule has 0 aliphatic carbocycles. The van der Waals surface area contributed by atoms with Crippen LogP contribution in [0.3, 0.4) is 0 Å². The van der Waals surface area contributed by atoms with Crippen molar-refractivity contribution in [2.24, 2.45) is 0 Å². The Balaban J connectivity index is 1.77. The van der Waals surface area contributed by atoms with Crippen molar-refractivity contribution in [2.45, 2.75) is 45.2 Å². The molecule has 0 saturated carbocycles. The molecule has 3 heterocycles. The monoisotopic (exact) mass is 316 g/mol. The van der Waals surface area contributed by atoms with Crippen LogP contribution in [0, 0.1) is 0 Å². The molecule has 7 nitrogen and oxygen atoms in total. The SMILES string of the molecule is CC(C)c1nc([C@H]2CCCN2C(=O)Cn2ccccc2=O)no1. The van der Waals surface area contributed by atoms with E-state index in [4.69, 9.17) is 4.52 Å². The molecule has 23 heavy (non-hydrogen) atoms. The highest BCUT2D eigenvalue weighted by atomic mass is 16.5. The highest BCUT2D eigenvalue weighted by Crippen LogP contribution is 2.31. The average molecular weight is 316 g/mol. The van der Waals surface area contributed by atoms with Gasteiger partial charge in [0.15, 0.2) is 5.82 Å². The number of amides is 1. The van der Waals surface area contributed by atoms with Crippen LogP contribution in [0.25, 0.3) is 0 Å². The quantitative estimate of drug-likeness (QED) is 0.858. The van der Waals surface area contributed by atoms with Gasteiger partial charge < -0.3 is 14.0 Å². The van der Waals surface area contributed by atoms with E-state index in [0.29, 0.717) is 18.3 Å². The Morgan fingerprint density at radius 2 is 2.26 bits per heavy atom. The van der Waals surface area contributed by atoms with Crippen molar-refractivity contribution in [3.05, 3.63) is 46.5 Å². The second kappa shape index (κ2) is 6.36. The van der Waals surface area contributed by atoms with E-state index in [2.05, 4.69) is 10.1 Å². The fourth-order valence-corrected chi connectivity index (χ4v) is 2.78. The first-order valence-corrected chi connectivity index (χ1v) is 7.84. The van der Waals surface area contributed by atoms with Crippen LogP contribution in [0.4, 0.5) is 0 Å². The molecule has 1 fully saturated rings. The van der Waals surface area contributed by atoms with Crippen LogP contribution in [-0.2, 0) is 11.3 Å². The Kier molecular flexibility index (Phi) is 4.27. The van der Waals surface area contributed by atoms with E-state index in [-0.39, 0.29) is 30.0 Å². The van der Waals surface area contributed by atoms with Crippen LogP contribution >= 0.6 is 0 Å². The molecule has 0 unspecified atom stereocenters. The lowest BCUT2D eigenvalue weighted by atomic mass is 10.2. The van der Waals surface area contributed by atoms with Gasteiger partial charge in [-0.3, -0.25) is 9.59 Å². The second-order valence-electron chi connectivity index (χ2n) is 6.06. The van der Waals surface area contributed by atoms with Gasteiger partial charge in [0.05, 0.1) is 6.04 Å². The summed E-state index contributed by atoms with van der Waals surface area (Å²) in [6.07, 6.45) is 3.33. The number of rotatable bonds is 4. The fourth-order valence-electron chi connectivity index (χ4n) is 2.78. The molecule has 0 radical (unpaired) electrons. The van der Waals surface area contributed by atoms with Crippen LogP contribution in [0.5, 0.6) is 0 Å². The normalized spacial score (nSPS) is 17.9. The standard InChI is InChI=1S/C16H20N4O3/c1-11(2)16-17-15(18-23-16)12-6-5-9-20(12)14(22)10-19-8-4-3-7-13(19)21/h3-4,7-8,11-12H,5-6,9-10H2,1-2H3/t12-/m1/s1. The zero-order chi connectivity index (χ0) is 16.4. The van der Waals surface area contributed by atoms with Crippen LogP contribution in [0.15, 0.2) is 33.7 Å². The highest BCUT2D eigenvalue weighted by Gasteiger charge is 2.33. The molecule has 0 aromatic carbocycles. The zero-order valence-electron chi connectivity index (χ0n) is 13.3. The lowest BCUT2D eigenvalue weighted by Gasteiger charge is -2.22. The Morgan fingerprint density at radius 3 is 2.96 bits per heavy atom. The minimum absolute atomic E-state index is 0.0328. The van der Waals surface area contributed by atoms with Crippen LogP contribution in [-0.4, -0.2) is 32.1 Å². The number of aromatic nitrogens is 3. The smallest absolute Gasteiger partial charge is 0.250 e. The van der Waals surface area contributed by atoms with Crippen molar-refractivity contribution in [1.82, 2.24) is 19.6 Å². The predicted octanol–water partition coefficient (Wildman–Crippen LogP) is 1.72. The van der Waals surface area contributed by atoms with E-state index in [9.17, 15) is 9.59 Å². The lowest BCUT2D eigenvalue weighted by molar-refractivity contribution is -0.133.